The molecule has 2 aromatic heterocycles. The number of sulfonamides is 1. The molecule has 0 saturated carbocycles. The smallest absolute Gasteiger partial charge is 0.244 e. The summed E-state index contributed by atoms with van der Waals surface area (Å²) >= 11 is 1.22. The average molecular weight is 412 g/mol. The number of nitrogens with one attached hydrogen (secondary N) is 1. The Hall–Kier alpha value is -1.95. The third-order valence-corrected chi connectivity index (χ3v) is 6.80. The minimum absolute atomic E-state index is 0.129. The molecule has 1 aliphatic heterocycles. The summed E-state index contributed by atoms with van der Waals surface area (Å²) in [7, 11) is -3.58. The van der Waals surface area contributed by atoms with Crippen LogP contribution in [0, 0.1) is 6.92 Å². The Bertz CT molecular complexity index is 892. The van der Waals surface area contributed by atoms with Crippen molar-refractivity contribution in [3.8, 4) is 0 Å². The molecule has 146 valence electrons. The number of pyridine rings is 1. The predicted octanol–water partition coefficient (Wildman–Crippen LogP) is 1.52. The summed E-state index contributed by atoms with van der Waals surface area (Å²) in [4.78, 5) is 16.5. The summed E-state index contributed by atoms with van der Waals surface area (Å²) in [5.74, 6) is 0.703. The van der Waals surface area contributed by atoms with Crippen LogP contribution in [0.4, 0.5) is 5.82 Å². The number of hydrogen-bond donors (Lipinski definition) is 1. The third kappa shape index (κ3) is 4.86. The molecule has 1 aliphatic rings. The maximum atomic E-state index is 12.6. The monoisotopic (exact) mass is 412 g/mol. The molecule has 1 unspecified atom stereocenters. The van der Waals surface area contributed by atoms with Crippen LogP contribution in [0.5, 0.6) is 0 Å². The van der Waals surface area contributed by atoms with Gasteiger partial charge in [-0.2, -0.15) is 4.31 Å². The van der Waals surface area contributed by atoms with Crippen molar-refractivity contribution < 1.29 is 22.5 Å². The van der Waals surface area contributed by atoms with Crippen LogP contribution in [-0.4, -0.2) is 60.3 Å². The average Bonchev–Trinajstić information content (AvgIpc) is 3.07. The van der Waals surface area contributed by atoms with Crippen LogP contribution in [0.3, 0.4) is 0 Å². The molecule has 0 aliphatic carbocycles. The summed E-state index contributed by atoms with van der Waals surface area (Å²) in [6, 6.07) is 4.73. The summed E-state index contributed by atoms with van der Waals surface area (Å²) in [5, 5.41) is 6.47. The van der Waals surface area contributed by atoms with Crippen LogP contribution in [-0.2, 0) is 19.6 Å². The van der Waals surface area contributed by atoms with Crippen molar-refractivity contribution in [3.05, 3.63) is 30.2 Å². The zero-order valence-electron chi connectivity index (χ0n) is 14.9. The van der Waals surface area contributed by atoms with E-state index in [4.69, 9.17) is 9.26 Å². The zero-order chi connectivity index (χ0) is 19.4. The van der Waals surface area contributed by atoms with Crippen molar-refractivity contribution in [1.29, 1.82) is 0 Å². The molecule has 1 fully saturated rings. The number of hydrogen-bond acceptors (Lipinski definition) is 8. The highest BCUT2D eigenvalue weighted by Crippen LogP contribution is 2.24. The topological polar surface area (TPSA) is 115 Å². The van der Waals surface area contributed by atoms with E-state index in [1.54, 1.807) is 26.0 Å². The number of amides is 1. The summed E-state index contributed by atoms with van der Waals surface area (Å²) in [5.41, 5.74) is 0. The van der Waals surface area contributed by atoms with E-state index in [2.05, 4.69) is 15.5 Å². The van der Waals surface area contributed by atoms with E-state index >= 15 is 0 Å². The van der Waals surface area contributed by atoms with Gasteiger partial charge in [0, 0.05) is 25.4 Å². The van der Waals surface area contributed by atoms with E-state index in [1.165, 1.54) is 28.3 Å². The second-order valence-corrected chi connectivity index (χ2v) is 9.22. The largest absolute Gasteiger partial charge is 0.379 e. The standard InChI is InChI=1S/C16H20N4O5S2/c1-11-9-14(19-25-11)18-16(21)12(2)26-15-4-3-13(10-17-15)27(22,23)20-5-7-24-8-6-20/h3-4,9-10,12H,5-8H2,1-2H3,(H,18,19,21). The van der Waals surface area contributed by atoms with Crippen molar-refractivity contribution >= 4 is 33.5 Å². The van der Waals surface area contributed by atoms with E-state index in [0.717, 1.165) is 0 Å². The van der Waals surface area contributed by atoms with Gasteiger partial charge in [0.2, 0.25) is 15.9 Å². The van der Waals surface area contributed by atoms with Crippen molar-refractivity contribution in [1.82, 2.24) is 14.4 Å². The number of anilines is 1. The first-order chi connectivity index (χ1) is 12.9. The van der Waals surface area contributed by atoms with Crippen LogP contribution in [0.15, 0.2) is 38.8 Å². The van der Waals surface area contributed by atoms with Gasteiger partial charge < -0.3 is 14.6 Å². The lowest BCUT2D eigenvalue weighted by Crippen LogP contribution is -2.40. The fourth-order valence-corrected chi connectivity index (χ4v) is 4.56. The number of rotatable bonds is 6. The van der Waals surface area contributed by atoms with Gasteiger partial charge in [0.05, 0.1) is 23.5 Å². The second-order valence-electron chi connectivity index (χ2n) is 5.92. The number of morpholine rings is 1. The highest BCUT2D eigenvalue weighted by molar-refractivity contribution is 8.00. The van der Waals surface area contributed by atoms with Crippen molar-refractivity contribution in [2.75, 3.05) is 31.6 Å². The van der Waals surface area contributed by atoms with E-state index in [9.17, 15) is 13.2 Å². The van der Waals surface area contributed by atoms with Gasteiger partial charge in [-0.25, -0.2) is 13.4 Å². The molecule has 0 aromatic carbocycles. The molecule has 0 bridgehead atoms. The Balaban J connectivity index is 1.62. The number of carbonyl (C=O) groups is 1. The SMILES string of the molecule is Cc1cc(NC(=O)C(C)Sc2ccc(S(=O)(=O)N3CCOCC3)cn2)no1. The number of ether oxygens (including phenoxy) is 1. The first kappa shape index (κ1) is 19.8. The van der Waals surface area contributed by atoms with Crippen LogP contribution >= 0.6 is 11.8 Å². The van der Waals surface area contributed by atoms with Gasteiger partial charge in [-0.05, 0) is 26.0 Å². The second kappa shape index (κ2) is 8.38. The van der Waals surface area contributed by atoms with Crippen molar-refractivity contribution in [2.24, 2.45) is 0 Å². The molecule has 1 amide bonds. The normalized spacial score (nSPS) is 16.8. The van der Waals surface area contributed by atoms with Gasteiger partial charge in [-0.15, -0.1) is 0 Å². The molecule has 1 atom stereocenters. The van der Waals surface area contributed by atoms with Gasteiger partial charge in [-0.1, -0.05) is 16.9 Å². The lowest BCUT2D eigenvalue weighted by Gasteiger charge is -2.25. The number of carbonyl (C=O) groups excluding carboxylic acids is 1. The highest BCUT2D eigenvalue weighted by atomic mass is 32.2. The Morgan fingerprint density at radius 1 is 1.33 bits per heavy atom. The molecule has 27 heavy (non-hydrogen) atoms. The fourth-order valence-electron chi connectivity index (χ4n) is 2.41. The van der Waals surface area contributed by atoms with Gasteiger partial charge in [-0.3, -0.25) is 4.79 Å². The van der Waals surface area contributed by atoms with Gasteiger partial charge in [0.15, 0.2) is 5.82 Å². The van der Waals surface area contributed by atoms with Gasteiger partial charge in [0.25, 0.3) is 0 Å². The molecule has 3 rings (SSSR count). The van der Waals surface area contributed by atoms with Crippen LogP contribution in [0.25, 0.3) is 0 Å². The zero-order valence-corrected chi connectivity index (χ0v) is 16.5. The molecule has 1 saturated heterocycles. The van der Waals surface area contributed by atoms with Crippen molar-refractivity contribution in [2.45, 2.75) is 29.0 Å². The summed E-state index contributed by atoms with van der Waals surface area (Å²) in [6.45, 7) is 4.90. The van der Waals surface area contributed by atoms with Gasteiger partial charge in [0.1, 0.15) is 10.7 Å². The van der Waals surface area contributed by atoms with Gasteiger partial charge >= 0.3 is 0 Å². The highest BCUT2D eigenvalue weighted by Gasteiger charge is 2.26. The molecule has 2 aromatic rings. The molecule has 0 radical (unpaired) electrons. The number of nitrogens with zero attached hydrogens (tertiary/aromatic N) is 3. The maximum Gasteiger partial charge on any atom is 0.244 e. The quantitative estimate of drug-likeness (QED) is 0.710. The molecule has 11 heteroatoms. The lowest BCUT2D eigenvalue weighted by atomic mass is 10.4. The van der Waals surface area contributed by atoms with Crippen molar-refractivity contribution in [3.63, 3.8) is 0 Å². The molecular formula is C16H20N4O5S2. The number of aryl methyl sites for hydroxylation is 1. The van der Waals surface area contributed by atoms with E-state index in [1.807, 2.05) is 0 Å². The Morgan fingerprint density at radius 3 is 2.67 bits per heavy atom. The minimum Gasteiger partial charge on any atom is -0.379 e. The Labute approximate surface area is 161 Å². The first-order valence-electron chi connectivity index (χ1n) is 8.31. The molecule has 9 nitrogen and oxygen atoms in total. The molecule has 0 spiro atoms. The maximum absolute atomic E-state index is 12.6. The van der Waals surface area contributed by atoms with E-state index < -0.39 is 15.3 Å². The van der Waals surface area contributed by atoms with Crippen LogP contribution < -0.4 is 5.32 Å². The summed E-state index contributed by atoms with van der Waals surface area (Å²) in [6.07, 6.45) is 1.32. The molecule has 3 heterocycles. The minimum atomic E-state index is -3.58. The summed E-state index contributed by atoms with van der Waals surface area (Å²) < 4.78 is 36.6. The number of thioether (sulfide) groups is 1. The van der Waals surface area contributed by atoms with Crippen LogP contribution in [0.1, 0.15) is 12.7 Å². The molecule has 1 N–H and O–H groups in total. The molecular weight excluding hydrogens is 392 g/mol. The van der Waals surface area contributed by atoms with Crippen LogP contribution in [0.2, 0.25) is 0 Å². The van der Waals surface area contributed by atoms with E-state index in [0.29, 0.717) is 42.9 Å². The van der Waals surface area contributed by atoms with E-state index in [-0.39, 0.29) is 10.8 Å². The number of aromatic nitrogens is 2. The predicted molar refractivity (Wildman–Crippen MR) is 99.0 cm³/mol. The Morgan fingerprint density at radius 2 is 2.07 bits per heavy atom. The Kier molecular flexibility index (Phi) is 6.15. The lowest BCUT2D eigenvalue weighted by molar-refractivity contribution is -0.115. The fraction of sp³-hybridized carbons (Fsp3) is 0.438. The first-order valence-corrected chi connectivity index (χ1v) is 10.6. The third-order valence-electron chi connectivity index (χ3n) is 3.86.